The van der Waals surface area contributed by atoms with Crippen LogP contribution in [0.1, 0.15) is 0 Å². The van der Waals surface area contributed by atoms with Crippen molar-refractivity contribution in [3.63, 3.8) is 0 Å². The summed E-state index contributed by atoms with van der Waals surface area (Å²) in [5, 5.41) is 0.510. The molecule has 2 nitrogen and oxygen atoms in total. The number of hydrogen-bond donors (Lipinski definition) is 0. The summed E-state index contributed by atoms with van der Waals surface area (Å²) in [4.78, 5) is 3.89. The van der Waals surface area contributed by atoms with E-state index in [4.69, 9.17) is 16.3 Å². The number of pyridine rings is 1. The Balaban J connectivity index is 2.22. The van der Waals surface area contributed by atoms with Gasteiger partial charge in [-0.05, 0) is 18.2 Å². The van der Waals surface area contributed by atoms with Crippen molar-refractivity contribution >= 4 is 11.6 Å². The molecular formula is C11H7ClFNO. The molecule has 0 aliphatic rings. The van der Waals surface area contributed by atoms with Gasteiger partial charge in [-0.3, -0.25) is 0 Å². The van der Waals surface area contributed by atoms with Gasteiger partial charge in [0.2, 0.25) is 5.88 Å². The lowest BCUT2D eigenvalue weighted by Crippen LogP contribution is -1.89. The van der Waals surface area contributed by atoms with Crippen LogP contribution in [-0.2, 0) is 0 Å². The first-order valence-electron chi connectivity index (χ1n) is 4.29. The largest absolute Gasteiger partial charge is 0.436 e. The van der Waals surface area contributed by atoms with Crippen LogP contribution >= 0.6 is 11.6 Å². The van der Waals surface area contributed by atoms with Crippen LogP contribution in [0, 0.1) is 5.82 Å². The third-order valence-electron chi connectivity index (χ3n) is 1.75. The molecule has 1 heterocycles. The van der Waals surface area contributed by atoms with Gasteiger partial charge in [-0.2, -0.15) is 0 Å². The first-order chi connectivity index (χ1) is 7.25. The summed E-state index contributed by atoms with van der Waals surface area (Å²) >= 11 is 5.65. The first-order valence-corrected chi connectivity index (χ1v) is 4.67. The maximum absolute atomic E-state index is 13.2. The van der Waals surface area contributed by atoms with Gasteiger partial charge in [-0.1, -0.05) is 23.7 Å². The molecule has 0 aliphatic carbocycles. The molecule has 0 amide bonds. The maximum atomic E-state index is 13.2. The van der Waals surface area contributed by atoms with Crippen molar-refractivity contribution in [3.8, 4) is 11.6 Å². The molecule has 1 aromatic heterocycles. The lowest BCUT2D eigenvalue weighted by atomic mass is 10.3. The normalized spacial score (nSPS) is 10.0. The zero-order valence-electron chi connectivity index (χ0n) is 7.65. The van der Waals surface area contributed by atoms with Crippen molar-refractivity contribution in [3.05, 3.63) is 53.4 Å². The minimum atomic E-state index is -0.422. The van der Waals surface area contributed by atoms with Gasteiger partial charge in [0.25, 0.3) is 0 Å². The van der Waals surface area contributed by atoms with Gasteiger partial charge in [0, 0.05) is 12.3 Å². The van der Waals surface area contributed by atoms with Crippen LogP contribution in [0.3, 0.4) is 0 Å². The van der Waals surface area contributed by atoms with Gasteiger partial charge in [-0.25, -0.2) is 9.37 Å². The Kier molecular flexibility index (Phi) is 2.83. The van der Waals surface area contributed by atoms with Crippen molar-refractivity contribution in [1.29, 1.82) is 0 Å². The lowest BCUT2D eigenvalue weighted by Gasteiger charge is -2.04. The Labute approximate surface area is 91.3 Å². The van der Waals surface area contributed by atoms with Crippen LogP contribution in [0.25, 0.3) is 0 Å². The number of aromatic nitrogens is 1. The second kappa shape index (κ2) is 4.28. The van der Waals surface area contributed by atoms with Crippen LogP contribution in [-0.4, -0.2) is 4.98 Å². The SMILES string of the molecule is Fc1ccccc1Oc1ccc(Cl)cn1. The zero-order chi connectivity index (χ0) is 10.7. The van der Waals surface area contributed by atoms with Crippen molar-refractivity contribution < 1.29 is 9.13 Å². The van der Waals surface area contributed by atoms with Crippen molar-refractivity contribution in [2.24, 2.45) is 0 Å². The molecule has 0 unspecified atom stereocenters. The topological polar surface area (TPSA) is 22.1 Å². The Bertz CT molecular complexity index is 458. The number of rotatable bonds is 2. The van der Waals surface area contributed by atoms with Gasteiger partial charge < -0.3 is 4.74 Å². The highest BCUT2D eigenvalue weighted by Crippen LogP contribution is 2.22. The minimum Gasteiger partial charge on any atom is -0.436 e. The summed E-state index contributed by atoms with van der Waals surface area (Å²) in [6.07, 6.45) is 1.44. The molecule has 0 radical (unpaired) electrons. The molecule has 1 aromatic carbocycles. The van der Waals surface area contributed by atoms with Gasteiger partial charge in [0.1, 0.15) is 0 Å². The van der Waals surface area contributed by atoms with E-state index in [1.54, 1.807) is 24.3 Å². The maximum Gasteiger partial charge on any atom is 0.219 e. The fourth-order valence-electron chi connectivity index (χ4n) is 1.06. The van der Waals surface area contributed by atoms with Gasteiger partial charge in [-0.15, -0.1) is 0 Å². The number of nitrogens with zero attached hydrogens (tertiary/aromatic N) is 1. The van der Waals surface area contributed by atoms with Gasteiger partial charge in [0.15, 0.2) is 11.6 Å². The predicted octanol–water partition coefficient (Wildman–Crippen LogP) is 3.67. The monoisotopic (exact) mass is 223 g/mol. The first kappa shape index (κ1) is 9.93. The molecule has 0 bridgehead atoms. The predicted molar refractivity (Wildman–Crippen MR) is 55.7 cm³/mol. The highest BCUT2D eigenvalue weighted by Gasteiger charge is 2.03. The molecular weight excluding hydrogens is 217 g/mol. The molecule has 0 saturated carbocycles. The summed E-state index contributed by atoms with van der Waals surface area (Å²) in [6.45, 7) is 0. The third kappa shape index (κ3) is 2.44. The second-order valence-electron chi connectivity index (χ2n) is 2.85. The second-order valence-corrected chi connectivity index (χ2v) is 3.28. The zero-order valence-corrected chi connectivity index (χ0v) is 8.41. The standard InChI is InChI=1S/C11H7ClFNO/c12-8-5-6-11(14-7-8)15-10-4-2-1-3-9(10)13/h1-7H. The van der Waals surface area contributed by atoms with Crippen LogP contribution in [0.2, 0.25) is 5.02 Å². The van der Waals surface area contributed by atoms with Crippen molar-refractivity contribution in [1.82, 2.24) is 4.98 Å². The lowest BCUT2D eigenvalue weighted by molar-refractivity contribution is 0.427. The van der Waals surface area contributed by atoms with E-state index in [1.165, 1.54) is 18.3 Å². The molecule has 2 rings (SSSR count). The molecule has 0 atom stereocenters. The molecule has 15 heavy (non-hydrogen) atoms. The molecule has 0 N–H and O–H groups in total. The number of hydrogen-bond acceptors (Lipinski definition) is 2. The Hall–Kier alpha value is -1.61. The summed E-state index contributed by atoms with van der Waals surface area (Å²) in [7, 11) is 0. The molecule has 0 aliphatic heterocycles. The van der Waals surface area contributed by atoms with Crippen LogP contribution in [0.4, 0.5) is 4.39 Å². The Morgan fingerprint density at radius 1 is 1.13 bits per heavy atom. The smallest absolute Gasteiger partial charge is 0.219 e. The highest BCUT2D eigenvalue weighted by molar-refractivity contribution is 6.30. The van der Waals surface area contributed by atoms with Crippen molar-refractivity contribution in [2.75, 3.05) is 0 Å². The van der Waals surface area contributed by atoms with E-state index in [0.717, 1.165) is 0 Å². The van der Waals surface area contributed by atoms with E-state index >= 15 is 0 Å². The third-order valence-corrected chi connectivity index (χ3v) is 1.98. The average molecular weight is 224 g/mol. The van der Waals surface area contributed by atoms with E-state index in [1.807, 2.05) is 0 Å². The average Bonchev–Trinajstić information content (AvgIpc) is 2.25. The summed E-state index contributed by atoms with van der Waals surface area (Å²) < 4.78 is 18.4. The summed E-state index contributed by atoms with van der Waals surface area (Å²) in [5.41, 5.74) is 0. The molecule has 0 spiro atoms. The summed E-state index contributed by atoms with van der Waals surface area (Å²) in [6, 6.07) is 9.35. The fourth-order valence-corrected chi connectivity index (χ4v) is 1.17. The number of para-hydroxylation sites is 1. The van der Waals surface area contributed by atoms with E-state index in [2.05, 4.69) is 4.98 Å². The molecule has 0 saturated heterocycles. The van der Waals surface area contributed by atoms with Crippen molar-refractivity contribution in [2.45, 2.75) is 0 Å². The molecule has 2 aromatic rings. The van der Waals surface area contributed by atoms with Crippen LogP contribution < -0.4 is 4.74 Å². The fraction of sp³-hybridized carbons (Fsp3) is 0. The number of halogens is 2. The highest BCUT2D eigenvalue weighted by atomic mass is 35.5. The Morgan fingerprint density at radius 3 is 2.60 bits per heavy atom. The molecule has 0 fully saturated rings. The van der Waals surface area contributed by atoms with Gasteiger partial charge >= 0.3 is 0 Å². The van der Waals surface area contributed by atoms with Crippen LogP contribution in [0.5, 0.6) is 11.6 Å². The molecule has 76 valence electrons. The van der Waals surface area contributed by atoms with Gasteiger partial charge in [0.05, 0.1) is 5.02 Å². The van der Waals surface area contributed by atoms with E-state index < -0.39 is 5.82 Å². The number of benzene rings is 1. The molecule has 4 heteroatoms. The van der Waals surface area contributed by atoms with E-state index in [9.17, 15) is 4.39 Å². The van der Waals surface area contributed by atoms with Crippen LogP contribution in [0.15, 0.2) is 42.6 Å². The summed E-state index contributed by atoms with van der Waals surface area (Å²) in [5.74, 6) is 0.0334. The Morgan fingerprint density at radius 2 is 1.93 bits per heavy atom. The van der Waals surface area contributed by atoms with E-state index in [-0.39, 0.29) is 5.75 Å². The minimum absolute atomic E-state index is 0.146. The van der Waals surface area contributed by atoms with E-state index in [0.29, 0.717) is 10.9 Å². The quantitative estimate of drug-likeness (QED) is 0.775. The number of ether oxygens (including phenoxy) is 1.